The van der Waals surface area contributed by atoms with Gasteiger partial charge in [0.2, 0.25) is 5.91 Å². The third kappa shape index (κ3) is 3.57. The van der Waals surface area contributed by atoms with Crippen LogP contribution >= 0.6 is 12.6 Å². The molecule has 0 aliphatic rings. The number of hydrogen-bond donors (Lipinski definition) is 2. The van der Waals surface area contributed by atoms with Crippen molar-refractivity contribution >= 4 is 30.1 Å². The third-order valence-electron chi connectivity index (χ3n) is 3.05. The first-order chi connectivity index (χ1) is 9.46. The normalized spacial score (nSPS) is 13.1. The van der Waals surface area contributed by atoms with E-state index in [1.165, 1.54) is 6.92 Å². The molecule has 0 saturated carbocycles. The standard InChI is InChI=1S/C15H17NO3S/c1-3-14(19)16-15(11(2)17,13(18)10-20)9-12-7-5-4-6-8-12/h3-8,20H,1,9-10H2,2H3,(H,16,19). The summed E-state index contributed by atoms with van der Waals surface area (Å²) < 4.78 is 0. The van der Waals surface area contributed by atoms with Crippen LogP contribution in [0.1, 0.15) is 12.5 Å². The van der Waals surface area contributed by atoms with Crippen LogP contribution in [0.25, 0.3) is 0 Å². The van der Waals surface area contributed by atoms with Gasteiger partial charge in [-0.25, -0.2) is 0 Å². The van der Waals surface area contributed by atoms with Gasteiger partial charge in [-0.1, -0.05) is 36.9 Å². The summed E-state index contributed by atoms with van der Waals surface area (Å²) in [6.45, 7) is 4.63. The Bertz CT molecular complexity index is 527. The molecule has 0 heterocycles. The Hall–Kier alpha value is -1.88. The smallest absolute Gasteiger partial charge is 0.244 e. The molecule has 1 amide bonds. The van der Waals surface area contributed by atoms with Crippen LogP contribution in [0.3, 0.4) is 0 Å². The van der Waals surface area contributed by atoms with E-state index in [4.69, 9.17) is 0 Å². The molecule has 0 radical (unpaired) electrons. The van der Waals surface area contributed by atoms with E-state index in [1.54, 1.807) is 24.3 Å². The second kappa shape index (κ2) is 7.05. The molecule has 0 bridgehead atoms. The van der Waals surface area contributed by atoms with E-state index in [2.05, 4.69) is 24.5 Å². The number of thiol groups is 1. The van der Waals surface area contributed by atoms with E-state index in [9.17, 15) is 14.4 Å². The number of Topliss-reactive ketones (excluding diaryl/α,β-unsaturated/α-hetero) is 2. The molecule has 1 unspecified atom stereocenters. The Morgan fingerprint density at radius 3 is 2.35 bits per heavy atom. The van der Waals surface area contributed by atoms with Crippen LogP contribution in [0.2, 0.25) is 0 Å². The number of carbonyl (C=O) groups is 3. The van der Waals surface area contributed by atoms with Crippen molar-refractivity contribution < 1.29 is 14.4 Å². The fraction of sp³-hybridized carbons (Fsp3) is 0.267. The summed E-state index contributed by atoms with van der Waals surface area (Å²) in [6.07, 6.45) is 1.14. The van der Waals surface area contributed by atoms with E-state index in [-0.39, 0.29) is 12.2 Å². The molecule has 0 fully saturated rings. The minimum Gasteiger partial charge on any atom is -0.333 e. The lowest BCUT2D eigenvalue weighted by atomic mass is 9.83. The summed E-state index contributed by atoms with van der Waals surface area (Å²) in [5.41, 5.74) is -0.809. The maximum absolute atomic E-state index is 12.2. The lowest BCUT2D eigenvalue weighted by Crippen LogP contribution is -2.61. The lowest BCUT2D eigenvalue weighted by Gasteiger charge is -2.30. The van der Waals surface area contributed by atoms with Gasteiger partial charge in [0.1, 0.15) is 0 Å². The molecule has 20 heavy (non-hydrogen) atoms. The lowest BCUT2D eigenvalue weighted by molar-refractivity contribution is -0.137. The molecule has 0 aliphatic carbocycles. The molecule has 106 valence electrons. The number of amides is 1. The number of ketones is 2. The van der Waals surface area contributed by atoms with Gasteiger partial charge in [0.05, 0.1) is 5.75 Å². The minimum atomic E-state index is -1.59. The van der Waals surface area contributed by atoms with Gasteiger partial charge in [-0.15, -0.1) is 0 Å². The van der Waals surface area contributed by atoms with E-state index >= 15 is 0 Å². The summed E-state index contributed by atoms with van der Waals surface area (Å²) in [7, 11) is 0. The van der Waals surface area contributed by atoms with E-state index in [1.807, 2.05) is 6.07 Å². The van der Waals surface area contributed by atoms with Gasteiger partial charge in [-0.3, -0.25) is 14.4 Å². The van der Waals surface area contributed by atoms with E-state index in [0.717, 1.165) is 11.6 Å². The predicted molar refractivity (Wildman–Crippen MR) is 80.8 cm³/mol. The summed E-state index contributed by atoms with van der Waals surface area (Å²) in [4.78, 5) is 35.8. The number of nitrogens with one attached hydrogen (secondary N) is 1. The van der Waals surface area contributed by atoms with Crippen molar-refractivity contribution in [3.63, 3.8) is 0 Å². The Labute approximate surface area is 123 Å². The molecular weight excluding hydrogens is 274 g/mol. The van der Waals surface area contributed by atoms with E-state index in [0.29, 0.717) is 0 Å². The molecule has 1 N–H and O–H groups in total. The van der Waals surface area contributed by atoms with Crippen LogP contribution in [0.5, 0.6) is 0 Å². The number of carbonyl (C=O) groups excluding carboxylic acids is 3. The fourth-order valence-corrected chi connectivity index (χ4v) is 2.19. The Kier molecular flexibility index (Phi) is 5.70. The topological polar surface area (TPSA) is 63.2 Å². The van der Waals surface area contributed by atoms with Crippen molar-refractivity contribution in [2.24, 2.45) is 0 Å². The zero-order valence-electron chi connectivity index (χ0n) is 11.3. The second-order valence-electron chi connectivity index (χ2n) is 4.40. The fourth-order valence-electron chi connectivity index (χ4n) is 1.92. The first-order valence-electron chi connectivity index (χ1n) is 6.10. The first-order valence-corrected chi connectivity index (χ1v) is 6.73. The van der Waals surface area contributed by atoms with Crippen LogP contribution in [-0.2, 0) is 20.8 Å². The molecule has 5 heteroatoms. The maximum atomic E-state index is 12.2. The largest absolute Gasteiger partial charge is 0.333 e. The maximum Gasteiger partial charge on any atom is 0.244 e. The summed E-state index contributed by atoms with van der Waals surface area (Å²) in [5, 5.41) is 2.47. The van der Waals surface area contributed by atoms with Crippen molar-refractivity contribution in [3.8, 4) is 0 Å². The average molecular weight is 291 g/mol. The molecular formula is C15H17NO3S. The zero-order chi connectivity index (χ0) is 15.2. The van der Waals surface area contributed by atoms with Gasteiger partial charge in [0.25, 0.3) is 0 Å². The van der Waals surface area contributed by atoms with Crippen LogP contribution in [0.15, 0.2) is 43.0 Å². The highest BCUT2D eigenvalue weighted by Gasteiger charge is 2.43. The minimum absolute atomic E-state index is 0.0994. The molecule has 4 nitrogen and oxygen atoms in total. The van der Waals surface area contributed by atoms with Crippen molar-refractivity contribution in [1.82, 2.24) is 5.32 Å². The summed E-state index contributed by atoms with van der Waals surface area (Å²) >= 11 is 3.94. The van der Waals surface area contributed by atoms with Crippen LogP contribution in [0, 0.1) is 0 Å². The molecule has 1 atom stereocenters. The highest BCUT2D eigenvalue weighted by atomic mass is 32.1. The quantitative estimate of drug-likeness (QED) is 0.453. The van der Waals surface area contributed by atoms with Gasteiger partial charge in [0, 0.05) is 6.42 Å². The van der Waals surface area contributed by atoms with Gasteiger partial charge in [-0.05, 0) is 18.6 Å². The predicted octanol–water partition coefficient (Wildman–Crippen LogP) is 1.36. The molecule has 1 aromatic carbocycles. The molecule has 0 aliphatic heterocycles. The van der Waals surface area contributed by atoms with Crippen molar-refractivity contribution in [2.75, 3.05) is 5.75 Å². The number of rotatable bonds is 7. The Morgan fingerprint density at radius 1 is 1.30 bits per heavy atom. The van der Waals surface area contributed by atoms with Crippen molar-refractivity contribution in [2.45, 2.75) is 18.9 Å². The Morgan fingerprint density at radius 2 is 1.90 bits per heavy atom. The highest BCUT2D eigenvalue weighted by molar-refractivity contribution is 7.81. The van der Waals surface area contributed by atoms with Gasteiger partial charge in [0.15, 0.2) is 17.1 Å². The Balaban J connectivity index is 3.22. The third-order valence-corrected chi connectivity index (χ3v) is 3.34. The van der Waals surface area contributed by atoms with E-state index < -0.39 is 23.0 Å². The molecule has 0 spiro atoms. The van der Waals surface area contributed by atoms with Crippen molar-refractivity contribution in [3.05, 3.63) is 48.6 Å². The molecule has 0 saturated heterocycles. The van der Waals surface area contributed by atoms with Gasteiger partial charge in [-0.2, -0.15) is 12.6 Å². The second-order valence-corrected chi connectivity index (χ2v) is 4.71. The monoisotopic (exact) mass is 291 g/mol. The van der Waals surface area contributed by atoms with Crippen LogP contribution in [0.4, 0.5) is 0 Å². The molecule has 1 rings (SSSR count). The van der Waals surface area contributed by atoms with Gasteiger partial charge < -0.3 is 5.32 Å². The first kappa shape index (κ1) is 16.2. The van der Waals surface area contributed by atoms with Crippen molar-refractivity contribution in [1.29, 1.82) is 0 Å². The number of benzene rings is 1. The molecule has 0 aromatic heterocycles. The van der Waals surface area contributed by atoms with Gasteiger partial charge >= 0.3 is 0 Å². The summed E-state index contributed by atoms with van der Waals surface area (Å²) in [5.74, 6) is -1.56. The summed E-state index contributed by atoms with van der Waals surface area (Å²) in [6, 6.07) is 9.04. The zero-order valence-corrected chi connectivity index (χ0v) is 12.2. The average Bonchev–Trinajstić information content (AvgIpc) is 2.46. The van der Waals surface area contributed by atoms with Crippen LogP contribution in [-0.4, -0.2) is 28.8 Å². The number of hydrogen-bond acceptors (Lipinski definition) is 4. The van der Waals surface area contributed by atoms with Crippen LogP contribution < -0.4 is 5.32 Å². The molecule has 1 aromatic rings. The SMILES string of the molecule is C=CC(=O)NC(Cc1ccccc1)(C(C)=O)C(=O)CS. The highest BCUT2D eigenvalue weighted by Crippen LogP contribution is 2.18.